The fraction of sp³-hybridized carbons (Fsp3) is 0.143. The molecule has 0 bridgehead atoms. The Hall–Kier alpha value is -1.99. The lowest BCUT2D eigenvalue weighted by molar-refractivity contribution is 0.103. The number of amides is 1. The topological polar surface area (TPSA) is 46.9 Å². The van der Waals surface area contributed by atoms with Gasteiger partial charge in [-0.3, -0.25) is 9.48 Å². The molecule has 3 rings (SSSR count). The summed E-state index contributed by atoms with van der Waals surface area (Å²) in [7, 11) is 0. The monoisotopic (exact) mass is 341 g/mol. The molecule has 0 fully saturated rings. The van der Waals surface area contributed by atoms with Crippen molar-refractivity contribution in [3.8, 4) is 0 Å². The SMILES string of the molecule is O=C(Nc1cnn(CC(F)F)c1)c1sc2ccccc2c1Cl. The third-order valence-corrected chi connectivity index (χ3v) is 4.63. The van der Waals surface area contributed by atoms with Gasteiger partial charge in [-0.15, -0.1) is 11.3 Å². The maximum atomic E-state index is 12.3. The maximum absolute atomic E-state index is 12.3. The normalized spacial score (nSPS) is 11.3. The minimum atomic E-state index is -2.50. The van der Waals surface area contributed by atoms with Crippen molar-refractivity contribution >= 4 is 44.6 Å². The van der Waals surface area contributed by atoms with E-state index >= 15 is 0 Å². The highest BCUT2D eigenvalue weighted by Gasteiger charge is 2.17. The average molecular weight is 342 g/mol. The molecular formula is C14H10ClF2N3OS. The molecule has 0 aliphatic heterocycles. The molecule has 2 heterocycles. The number of hydrogen-bond donors (Lipinski definition) is 1. The predicted octanol–water partition coefficient (Wildman–Crippen LogP) is 4.27. The summed E-state index contributed by atoms with van der Waals surface area (Å²) in [4.78, 5) is 12.6. The highest BCUT2D eigenvalue weighted by atomic mass is 35.5. The highest BCUT2D eigenvalue weighted by molar-refractivity contribution is 7.21. The van der Waals surface area contributed by atoms with Gasteiger partial charge >= 0.3 is 0 Å². The number of nitrogens with zero attached hydrogens (tertiary/aromatic N) is 2. The van der Waals surface area contributed by atoms with Crippen molar-refractivity contribution in [1.82, 2.24) is 9.78 Å². The van der Waals surface area contributed by atoms with E-state index in [0.717, 1.165) is 14.8 Å². The average Bonchev–Trinajstić information content (AvgIpc) is 3.04. The number of anilines is 1. The number of hydrogen-bond acceptors (Lipinski definition) is 3. The van der Waals surface area contributed by atoms with Crippen LogP contribution in [0.2, 0.25) is 5.02 Å². The number of carbonyl (C=O) groups is 1. The molecule has 1 N–H and O–H groups in total. The van der Waals surface area contributed by atoms with Crippen molar-refractivity contribution in [1.29, 1.82) is 0 Å². The first kappa shape index (κ1) is 14.9. The van der Waals surface area contributed by atoms with Crippen LogP contribution in [0.4, 0.5) is 14.5 Å². The van der Waals surface area contributed by atoms with Crippen LogP contribution in [-0.2, 0) is 6.54 Å². The van der Waals surface area contributed by atoms with E-state index in [9.17, 15) is 13.6 Å². The van der Waals surface area contributed by atoms with Crippen LogP contribution in [-0.4, -0.2) is 22.1 Å². The summed E-state index contributed by atoms with van der Waals surface area (Å²) in [5.41, 5.74) is 0.346. The third-order valence-electron chi connectivity index (χ3n) is 2.96. The fourth-order valence-corrected chi connectivity index (χ4v) is 3.43. The van der Waals surface area contributed by atoms with E-state index in [1.165, 1.54) is 23.7 Å². The quantitative estimate of drug-likeness (QED) is 0.770. The molecule has 0 aliphatic rings. The van der Waals surface area contributed by atoms with E-state index in [-0.39, 0.29) is 5.91 Å². The van der Waals surface area contributed by atoms with E-state index in [2.05, 4.69) is 10.4 Å². The Labute approximate surface area is 133 Å². The van der Waals surface area contributed by atoms with Crippen molar-refractivity contribution in [2.45, 2.75) is 13.0 Å². The first-order valence-corrected chi connectivity index (χ1v) is 7.53. The molecular weight excluding hydrogens is 332 g/mol. The minimum absolute atomic E-state index is 0.346. The molecule has 22 heavy (non-hydrogen) atoms. The van der Waals surface area contributed by atoms with Crippen LogP contribution in [0.5, 0.6) is 0 Å². The minimum Gasteiger partial charge on any atom is -0.319 e. The van der Waals surface area contributed by atoms with E-state index < -0.39 is 13.0 Å². The van der Waals surface area contributed by atoms with Crippen LogP contribution in [0, 0.1) is 0 Å². The number of carbonyl (C=O) groups excluding carboxylic acids is 1. The summed E-state index contributed by atoms with van der Waals surface area (Å²) in [6.07, 6.45) is 0.174. The molecule has 0 unspecified atom stereocenters. The van der Waals surface area contributed by atoms with Gasteiger partial charge in [0.15, 0.2) is 0 Å². The van der Waals surface area contributed by atoms with Crippen LogP contribution >= 0.6 is 22.9 Å². The van der Waals surface area contributed by atoms with Crippen LogP contribution in [0.3, 0.4) is 0 Å². The third kappa shape index (κ3) is 2.95. The maximum Gasteiger partial charge on any atom is 0.267 e. The molecule has 1 amide bonds. The lowest BCUT2D eigenvalue weighted by Gasteiger charge is -2.01. The molecule has 114 valence electrons. The van der Waals surface area contributed by atoms with Crippen LogP contribution < -0.4 is 5.32 Å². The molecule has 8 heteroatoms. The molecule has 4 nitrogen and oxygen atoms in total. The smallest absolute Gasteiger partial charge is 0.267 e. The van der Waals surface area contributed by atoms with Gasteiger partial charge in [0.05, 0.1) is 16.9 Å². The van der Waals surface area contributed by atoms with Gasteiger partial charge in [-0.05, 0) is 6.07 Å². The Morgan fingerprint density at radius 3 is 2.91 bits per heavy atom. The Kier molecular flexibility index (Phi) is 4.08. The Balaban J connectivity index is 1.81. The highest BCUT2D eigenvalue weighted by Crippen LogP contribution is 2.35. The number of rotatable bonds is 4. The lowest BCUT2D eigenvalue weighted by atomic mass is 10.2. The molecule has 0 saturated carbocycles. The van der Waals surface area contributed by atoms with E-state index in [0.29, 0.717) is 15.6 Å². The number of nitrogens with one attached hydrogen (secondary N) is 1. The van der Waals surface area contributed by atoms with Crippen molar-refractivity contribution in [2.75, 3.05) is 5.32 Å². The van der Waals surface area contributed by atoms with Crippen LogP contribution in [0.1, 0.15) is 9.67 Å². The zero-order valence-electron chi connectivity index (χ0n) is 11.1. The van der Waals surface area contributed by atoms with Gasteiger partial charge in [0.2, 0.25) is 0 Å². The number of alkyl halides is 2. The van der Waals surface area contributed by atoms with Gasteiger partial charge in [0.25, 0.3) is 12.3 Å². The first-order chi connectivity index (χ1) is 10.5. The van der Waals surface area contributed by atoms with Gasteiger partial charge in [-0.1, -0.05) is 29.8 Å². The van der Waals surface area contributed by atoms with Crippen molar-refractivity contribution in [3.63, 3.8) is 0 Å². The second-order valence-corrected chi connectivity index (χ2v) is 5.97. The van der Waals surface area contributed by atoms with Crippen molar-refractivity contribution in [3.05, 3.63) is 46.6 Å². The summed E-state index contributed by atoms with van der Waals surface area (Å²) in [5.74, 6) is -0.386. The summed E-state index contributed by atoms with van der Waals surface area (Å²) in [5, 5.41) is 7.57. The summed E-state index contributed by atoms with van der Waals surface area (Å²) in [6, 6.07) is 7.43. The second kappa shape index (κ2) is 6.02. The molecule has 1 aromatic carbocycles. The Morgan fingerprint density at radius 1 is 1.41 bits per heavy atom. The summed E-state index contributed by atoms with van der Waals surface area (Å²) in [6.45, 7) is -0.514. The van der Waals surface area contributed by atoms with Gasteiger partial charge in [0.1, 0.15) is 11.4 Å². The fourth-order valence-electron chi connectivity index (χ4n) is 2.02. The standard InChI is InChI=1S/C14H10ClF2N3OS/c15-12-9-3-1-2-4-10(9)22-13(12)14(21)19-8-5-18-20(6-8)7-11(16)17/h1-6,11H,7H2,(H,19,21). The largest absolute Gasteiger partial charge is 0.319 e. The van der Waals surface area contributed by atoms with Gasteiger partial charge in [0, 0.05) is 16.3 Å². The molecule has 2 aromatic heterocycles. The lowest BCUT2D eigenvalue weighted by Crippen LogP contribution is -2.10. The van der Waals surface area contributed by atoms with Crippen LogP contribution in [0.25, 0.3) is 10.1 Å². The Bertz CT molecular complexity index is 830. The first-order valence-electron chi connectivity index (χ1n) is 6.33. The number of aromatic nitrogens is 2. The number of thiophene rings is 1. The van der Waals surface area contributed by atoms with Crippen molar-refractivity contribution in [2.24, 2.45) is 0 Å². The zero-order chi connectivity index (χ0) is 15.7. The second-order valence-electron chi connectivity index (χ2n) is 4.54. The number of benzene rings is 1. The molecule has 3 aromatic rings. The van der Waals surface area contributed by atoms with E-state index in [4.69, 9.17) is 11.6 Å². The van der Waals surface area contributed by atoms with Gasteiger partial charge in [-0.2, -0.15) is 5.10 Å². The summed E-state index contributed by atoms with van der Waals surface area (Å²) >= 11 is 7.50. The van der Waals surface area contributed by atoms with Gasteiger partial charge < -0.3 is 5.32 Å². The van der Waals surface area contributed by atoms with E-state index in [1.807, 2.05) is 24.3 Å². The summed E-state index contributed by atoms with van der Waals surface area (Å²) < 4.78 is 26.5. The van der Waals surface area contributed by atoms with Crippen molar-refractivity contribution < 1.29 is 13.6 Å². The van der Waals surface area contributed by atoms with Gasteiger partial charge in [-0.25, -0.2) is 8.78 Å². The predicted molar refractivity (Wildman–Crippen MR) is 83.0 cm³/mol. The molecule has 0 spiro atoms. The van der Waals surface area contributed by atoms with E-state index in [1.54, 1.807) is 0 Å². The molecule has 0 aliphatic carbocycles. The van der Waals surface area contributed by atoms with Crippen LogP contribution in [0.15, 0.2) is 36.7 Å². The number of halogens is 3. The Morgan fingerprint density at radius 2 is 2.18 bits per heavy atom. The zero-order valence-corrected chi connectivity index (χ0v) is 12.7. The molecule has 0 atom stereocenters. The molecule has 0 saturated heterocycles. The molecule has 0 radical (unpaired) electrons. The number of fused-ring (bicyclic) bond motifs is 1.